The molecule has 0 saturated carbocycles. The van der Waals surface area contributed by atoms with Crippen molar-refractivity contribution in [3.8, 4) is 11.5 Å². The zero-order chi connectivity index (χ0) is 13.7. The number of rotatable bonds is 5. The number of methoxy groups -OCH3 is 3. The monoisotopic (exact) mass is 253 g/mol. The molecule has 0 aliphatic heterocycles. The summed E-state index contributed by atoms with van der Waals surface area (Å²) >= 11 is 0. The highest BCUT2D eigenvalue weighted by atomic mass is 16.5. The Morgan fingerprint density at radius 3 is 2.17 bits per heavy atom. The van der Waals surface area contributed by atoms with Crippen molar-refractivity contribution >= 4 is 5.97 Å². The quantitative estimate of drug-likeness (QED) is 0.744. The van der Waals surface area contributed by atoms with Gasteiger partial charge in [-0.25, -0.2) is 4.79 Å². The summed E-state index contributed by atoms with van der Waals surface area (Å²) in [6.07, 6.45) is 0. The van der Waals surface area contributed by atoms with Crippen LogP contribution in [0.4, 0.5) is 0 Å². The number of hydrogen-bond donors (Lipinski definition) is 0. The zero-order valence-corrected chi connectivity index (χ0v) is 11.4. The predicted molar refractivity (Wildman–Crippen MR) is 68.0 cm³/mol. The molecule has 1 unspecified atom stereocenters. The van der Waals surface area contributed by atoms with Gasteiger partial charge in [0.05, 0.1) is 21.3 Å². The van der Waals surface area contributed by atoms with Crippen molar-refractivity contribution in [1.29, 1.82) is 0 Å². The summed E-state index contributed by atoms with van der Waals surface area (Å²) in [6.45, 7) is 0. The van der Waals surface area contributed by atoms with Gasteiger partial charge in [-0.15, -0.1) is 0 Å². The van der Waals surface area contributed by atoms with Crippen molar-refractivity contribution in [2.24, 2.45) is 0 Å². The fourth-order valence-electron chi connectivity index (χ4n) is 1.78. The van der Waals surface area contributed by atoms with E-state index in [1.165, 1.54) is 7.11 Å². The van der Waals surface area contributed by atoms with Crippen LogP contribution in [0.2, 0.25) is 0 Å². The van der Waals surface area contributed by atoms with Gasteiger partial charge in [0.25, 0.3) is 0 Å². The third kappa shape index (κ3) is 2.92. The van der Waals surface area contributed by atoms with E-state index in [0.717, 1.165) is 5.56 Å². The van der Waals surface area contributed by atoms with Crippen LogP contribution in [0, 0.1) is 0 Å². The van der Waals surface area contributed by atoms with Crippen molar-refractivity contribution in [3.63, 3.8) is 0 Å². The van der Waals surface area contributed by atoms with E-state index in [1.807, 2.05) is 20.2 Å². The number of hydrogen-bond acceptors (Lipinski definition) is 5. The molecule has 0 saturated heterocycles. The SMILES string of the molecule is COC(=O)C(c1ccc(OC)c(OC)c1)N(C)C. The molecular formula is C13H19NO4. The van der Waals surface area contributed by atoms with Gasteiger partial charge in [-0.3, -0.25) is 4.90 Å². The maximum absolute atomic E-state index is 11.8. The van der Waals surface area contributed by atoms with Crippen molar-refractivity contribution in [2.45, 2.75) is 6.04 Å². The van der Waals surface area contributed by atoms with Gasteiger partial charge in [0, 0.05) is 0 Å². The minimum atomic E-state index is -0.463. The van der Waals surface area contributed by atoms with Crippen LogP contribution < -0.4 is 9.47 Å². The van der Waals surface area contributed by atoms with Gasteiger partial charge < -0.3 is 14.2 Å². The molecule has 5 nitrogen and oxygen atoms in total. The van der Waals surface area contributed by atoms with Crippen LogP contribution in [0.1, 0.15) is 11.6 Å². The van der Waals surface area contributed by atoms with Crippen LogP contribution in [0.25, 0.3) is 0 Å². The largest absolute Gasteiger partial charge is 0.493 e. The first-order chi connectivity index (χ1) is 8.54. The lowest BCUT2D eigenvalue weighted by molar-refractivity contribution is -0.146. The Balaban J connectivity index is 3.17. The molecule has 5 heteroatoms. The van der Waals surface area contributed by atoms with Crippen LogP contribution in [-0.4, -0.2) is 46.3 Å². The lowest BCUT2D eigenvalue weighted by atomic mass is 10.1. The second-order valence-corrected chi connectivity index (χ2v) is 4.00. The molecule has 0 bridgehead atoms. The van der Waals surface area contributed by atoms with E-state index < -0.39 is 6.04 Å². The maximum Gasteiger partial charge on any atom is 0.327 e. The number of likely N-dealkylation sites (N-methyl/N-ethyl adjacent to an activating group) is 1. The number of carbonyl (C=O) groups excluding carboxylic acids is 1. The summed E-state index contributed by atoms with van der Waals surface area (Å²) in [5.74, 6) is 0.904. The van der Waals surface area contributed by atoms with E-state index in [9.17, 15) is 4.79 Å². The summed E-state index contributed by atoms with van der Waals surface area (Å²) in [7, 11) is 8.14. The maximum atomic E-state index is 11.8. The normalized spacial score (nSPS) is 12.1. The summed E-state index contributed by atoms with van der Waals surface area (Å²) in [4.78, 5) is 13.6. The fourth-order valence-corrected chi connectivity index (χ4v) is 1.78. The first kappa shape index (κ1) is 14.3. The third-order valence-corrected chi connectivity index (χ3v) is 2.66. The zero-order valence-electron chi connectivity index (χ0n) is 11.4. The summed E-state index contributed by atoms with van der Waals surface area (Å²) < 4.78 is 15.2. The number of carbonyl (C=O) groups is 1. The minimum Gasteiger partial charge on any atom is -0.493 e. The van der Waals surface area contributed by atoms with Crippen LogP contribution in [0.3, 0.4) is 0 Å². The van der Waals surface area contributed by atoms with Crippen molar-refractivity contribution in [1.82, 2.24) is 4.90 Å². The van der Waals surface area contributed by atoms with E-state index in [4.69, 9.17) is 14.2 Å². The molecule has 0 N–H and O–H groups in total. The highest BCUT2D eigenvalue weighted by Crippen LogP contribution is 2.31. The van der Waals surface area contributed by atoms with Crippen LogP contribution in [0.5, 0.6) is 11.5 Å². The van der Waals surface area contributed by atoms with Gasteiger partial charge in [-0.1, -0.05) is 6.07 Å². The van der Waals surface area contributed by atoms with Crippen LogP contribution in [0.15, 0.2) is 18.2 Å². The molecular weight excluding hydrogens is 234 g/mol. The lowest BCUT2D eigenvalue weighted by Gasteiger charge is -2.22. The van der Waals surface area contributed by atoms with Gasteiger partial charge in [-0.05, 0) is 31.8 Å². The van der Waals surface area contributed by atoms with E-state index in [1.54, 1.807) is 31.3 Å². The van der Waals surface area contributed by atoms with Crippen molar-refractivity contribution in [3.05, 3.63) is 23.8 Å². The summed E-state index contributed by atoms with van der Waals surface area (Å²) in [6, 6.07) is 4.91. The van der Waals surface area contributed by atoms with E-state index >= 15 is 0 Å². The highest BCUT2D eigenvalue weighted by molar-refractivity contribution is 5.77. The molecule has 100 valence electrons. The Labute approximate surface area is 107 Å². The topological polar surface area (TPSA) is 48.0 Å². The molecule has 1 rings (SSSR count). The van der Waals surface area contributed by atoms with Crippen LogP contribution in [-0.2, 0) is 9.53 Å². The lowest BCUT2D eigenvalue weighted by Crippen LogP contribution is -2.28. The summed E-state index contributed by atoms with van der Waals surface area (Å²) in [5.41, 5.74) is 0.796. The molecule has 18 heavy (non-hydrogen) atoms. The number of benzene rings is 1. The fraction of sp³-hybridized carbons (Fsp3) is 0.462. The second-order valence-electron chi connectivity index (χ2n) is 4.00. The molecule has 0 radical (unpaired) electrons. The molecule has 1 aromatic rings. The Hall–Kier alpha value is -1.75. The smallest absolute Gasteiger partial charge is 0.327 e. The average molecular weight is 253 g/mol. The molecule has 1 atom stereocenters. The summed E-state index contributed by atoms with van der Waals surface area (Å²) in [5, 5.41) is 0. The Kier molecular flexibility index (Phi) is 4.97. The Morgan fingerprint density at radius 2 is 1.72 bits per heavy atom. The average Bonchev–Trinajstić information content (AvgIpc) is 2.37. The van der Waals surface area contributed by atoms with Crippen LogP contribution >= 0.6 is 0 Å². The van der Waals surface area contributed by atoms with Gasteiger partial charge in [0.1, 0.15) is 6.04 Å². The molecule has 0 fully saturated rings. The molecule has 0 aliphatic rings. The second kappa shape index (κ2) is 6.26. The van der Waals surface area contributed by atoms with Crippen molar-refractivity contribution < 1.29 is 19.0 Å². The molecule has 0 aromatic heterocycles. The number of nitrogens with zero attached hydrogens (tertiary/aromatic N) is 1. The molecule has 1 aromatic carbocycles. The van der Waals surface area contributed by atoms with Gasteiger partial charge in [0.15, 0.2) is 11.5 Å². The number of ether oxygens (including phenoxy) is 3. The van der Waals surface area contributed by atoms with Crippen molar-refractivity contribution in [2.75, 3.05) is 35.4 Å². The van der Waals surface area contributed by atoms with Gasteiger partial charge in [-0.2, -0.15) is 0 Å². The minimum absolute atomic E-state index is 0.313. The Bertz CT molecular complexity index is 417. The Morgan fingerprint density at radius 1 is 1.11 bits per heavy atom. The standard InChI is InChI=1S/C13H19NO4/c1-14(2)12(13(15)18-5)9-6-7-10(16-3)11(8-9)17-4/h6-8,12H,1-5H3. The van der Waals surface area contributed by atoms with Gasteiger partial charge in [0.2, 0.25) is 0 Å². The van der Waals surface area contributed by atoms with E-state index in [2.05, 4.69) is 0 Å². The predicted octanol–water partition coefficient (Wildman–Crippen LogP) is 1.48. The molecule has 0 aliphatic carbocycles. The molecule has 0 heterocycles. The number of esters is 1. The molecule has 0 amide bonds. The first-order valence-corrected chi connectivity index (χ1v) is 5.51. The van der Waals surface area contributed by atoms with Gasteiger partial charge >= 0.3 is 5.97 Å². The highest BCUT2D eigenvalue weighted by Gasteiger charge is 2.24. The van der Waals surface area contributed by atoms with E-state index in [0.29, 0.717) is 11.5 Å². The first-order valence-electron chi connectivity index (χ1n) is 5.51. The molecule has 0 spiro atoms. The third-order valence-electron chi connectivity index (χ3n) is 2.66. The van der Waals surface area contributed by atoms with E-state index in [-0.39, 0.29) is 5.97 Å².